The minimum absolute atomic E-state index is 0.128. The van der Waals surface area contributed by atoms with Gasteiger partial charge in [0.25, 0.3) is 15.9 Å². The van der Waals surface area contributed by atoms with Gasteiger partial charge in [0.05, 0.1) is 4.90 Å². The third-order valence-corrected chi connectivity index (χ3v) is 6.50. The van der Waals surface area contributed by atoms with Gasteiger partial charge in [0, 0.05) is 29.7 Å². The number of hydrogen-bond acceptors (Lipinski definition) is 4. The van der Waals surface area contributed by atoms with Crippen molar-refractivity contribution in [3.63, 3.8) is 0 Å². The number of amides is 1. The fraction of sp³-hybridized carbons (Fsp3) is 0.136. The molecule has 0 saturated heterocycles. The predicted molar refractivity (Wildman–Crippen MR) is 118 cm³/mol. The molecule has 0 bridgehead atoms. The van der Waals surface area contributed by atoms with Crippen molar-refractivity contribution < 1.29 is 13.2 Å². The Morgan fingerprint density at radius 3 is 2.14 bits per heavy atom. The monoisotopic (exact) mass is 426 g/mol. The van der Waals surface area contributed by atoms with Crippen molar-refractivity contribution >= 4 is 33.4 Å². The van der Waals surface area contributed by atoms with E-state index >= 15 is 0 Å². The Hall–Kier alpha value is -2.77. The van der Waals surface area contributed by atoms with Crippen LogP contribution in [-0.2, 0) is 16.6 Å². The third-order valence-electron chi connectivity index (χ3n) is 4.36. The molecule has 0 unspecified atom stereocenters. The molecule has 3 rings (SSSR count). The maximum absolute atomic E-state index is 12.7. The van der Waals surface area contributed by atoms with Gasteiger partial charge < -0.3 is 4.90 Å². The van der Waals surface area contributed by atoms with E-state index in [9.17, 15) is 13.2 Å². The van der Waals surface area contributed by atoms with Gasteiger partial charge in [-0.15, -0.1) is 11.8 Å². The smallest absolute Gasteiger partial charge is 0.261 e. The highest BCUT2D eigenvalue weighted by Crippen LogP contribution is 2.19. The number of benzene rings is 3. The minimum Gasteiger partial charge on any atom is -0.337 e. The second-order valence-electron chi connectivity index (χ2n) is 6.51. The molecular formula is C22H22N2O3S2. The second kappa shape index (κ2) is 9.15. The molecule has 3 aromatic carbocycles. The molecule has 0 atom stereocenters. The molecule has 1 amide bonds. The minimum atomic E-state index is -3.66. The summed E-state index contributed by atoms with van der Waals surface area (Å²) in [5.74, 6) is -0.128. The van der Waals surface area contributed by atoms with Crippen LogP contribution in [0.2, 0.25) is 0 Å². The summed E-state index contributed by atoms with van der Waals surface area (Å²) in [6.07, 6.45) is 2.02. The van der Waals surface area contributed by atoms with Gasteiger partial charge in [-0.25, -0.2) is 8.42 Å². The molecule has 0 radical (unpaired) electrons. The van der Waals surface area contributed by atoms with Crippen molar-refractivity contribution in [1.82, 2.24) is 4.90 Å². The first kappa shape index (κ1) is 21.0. The van der Waals surface area contributed by atoms with E-state index in [2.05, 4.69) is 4.72 Å². The molecule has 1 N–H and O–H groups in total. The van der Waals surface area contributed by atoms with Crippen molar-refractivity contribution in [2.24, 2.45) is 0 Å². The predicted octanol–water partition coefficient (Wildman–Crippen LogP) is 4.48. The fourth-order valence-corrected chi connectivity index (χ4v) is 4.28. The molecule has 29 heavy (non-hydrogen) atoms. The van der Waals surface area contributed by atoms with Gasteiger partial charge in [-0.3, -0.25) is 9.52 Å². The SMILES string of the molecule is CSc1ccc(CN(C)C(=O)c2ccc(NS(=O)(=O)c3ccccc3)cc2)cc1. The number of nitrogens with one attached hydrogen (secondary N) is 1. The van der Waals surface area contributed by atoms with Gasteiger partial charge in [-0.1, -0.05) is 30.3 Å². The van der Waals surface area contributed by atoms with E-state index in [4.69, 9.17) is 0 Å². The van der Waals surface area contributed by atoms with Crippen LogP contribution in [0, 0.1) is 0 Å². The first-order valence-electron chi connectivity index (χ1n) is 8.95. The van der Waals surface area contributed by atoms with Crippen LogP contribution in [0.1, 0.15) is 15.9 Å². The zero-order valence-electron chi connectivity index (χ0n) is 16.2. The summed E-state index contributed by atoms with van der Waals surface area (Å²) < 4.78 is 27.3. The zero-order chi connectivity index (χ0) is 20.9. The van der Waals surface area contributed by atoms with Gasteiger partial charge >= 0.3 is 0 Å². The van der Waals surface area contributed by atoms with Gasteiger partial charge in [0.1, 0.15) is 0 Å². The molecule has 0 spiro atoms. The molecule has 0 aliphatic carbocycles. The molecule has 0 saturated carbocycles. The molecule has 3 aromatic rings. The van der Waals surface area contributed by atoms with Crippen molar-refractivity contribution in [1.29, 1.82) is 0 Å². The molecule has 0 aliphatic heterocycles. The number of thioether (sulfide) groups is 1. The number of anilines is 1. The maximum atomic E-state index is 12.7. The number of sulfonamides is 1. The molecular weight excluding hydrogens is 404 g/mol. The van der Waals surface area contributed by atoms with Crippen LogP contribution >= 0.6 is 11.8 Å². The van der Waals surface area contributed by atoms with Crippen LogP contribution in [-0.4, -0.2) is 32.5 Å². The summed E-state index contributed by atoms with van der Waals surface area (Å²) in [5.41, 5.74) is 1.95. The standard InChI is InChI=1S/C22H22N2O3S2/c1-24(16-17-8-14-20(28-2)15-9-17)22(25)18-10-12-19(13-11-18)23-29(26,27)21-6-4-3-5-7-21/h3-15,23H,16H2,1-2H3. The van der Waals surface area contributed by atoms with Crippen molar-refractivity contribution in [3.8, 4) is 0 Å². The molecule has 5 nitrogen and oxygen atoms in total. The second-order valence-corrected chi connectivity index (χ2v) is 9.07. The number of nitrogens with zero attached hydrogens (tertiary/aromatic N) is 1. The lowest BCUT2D eigenvalue weighted by atomic mass is 10.1. The Balaban J connectivity index is 1.66. The molecule has 0 fully saturated rings. The van der Waals surface area contributed by atoms with E-state index in [1.54, 1.807) is 66.2 Å². The van der Waals surface area contributed by atoms with Crippen molar-refractivity contribution in [2.75, 3.05) is 18.0 Å². The van der Waals surface area contributed by atoms with Crippen molar-refractivity contribution in [3.05, 3.63) is 90.0 Å². The summed E-state index contributed by atoms with van der Waals surface area (Å²) in [5, 5.41) is 0. The average Bonchev–Trinajstić information content (AvgIpc) is 2.74. The van der Waals surface area contributed by atoms with Crippen LogP contribution in [0.4, 0.5) is 5.69 Å². The summed E-state index contributed by atoms with van der Waals surface area (Å²) in [7, 11) is -1.91. The lowest BCUT2D eigenvalue weighted by Crippen LogP contribution is -2.26. The van der Waals surface area contributed by atoms with Crippen LogP contribution < -0.4 is 4.72 Å². The maximum Gasteiger partial charge on any atom is 0.261 e. The Bertz CT molecular complexity index is 1070. The summed E-state index contributed by atoms with van der Waals surface area (Å²) in [4.78, 5) is 15.7. The number of rotatable bonds is 7. The topological polar surface area (TPSA) is 66.5 Å². The van der Waals surface area contributed by atoms with Gasteiger partial charge in [-0.05, 0) is 60.4 Å². The van der Waals surface area contributed by atoms with Crippen LogP contribution in [0.15, 0.2) is 88.7 Å². The summed E-state index contributed by atoms with van der Waals surface area (Å²) in [6.45, 7) is 0.496. The molecule has 0 aromatic heterocycles. The van der Waals surface area contributed by atoms with Crippen LogP contribution in [0.25, 0.3) is 0 Å². The first-order chi connectivity index (χ1) is 13.9. The fourth-order valence-electron chi connectivity index (χ4n) is 2.79. The average molecular weight is 427 g/mol. The Labute approximate surface area is 175 Å². The largest absolute Gasteiger partial charge is 0.337 e. The van der Waals surface area contributed by atoms with E-state index in [0.29, 0.717) is 17.8 Å². The zero-order valence-corrected chi connectivity index (χ0v) is 17.8. The Morgan fingerprint density at radius 1 is 0.931 bits per heavy atom. The van der Waals surface area contributed by atoms with E-state index in [1.807, 2.05) is 30.5 Å². The number of hydrogen-bond donors (Lipinski definition) is 1. The lowest BCUT2D eigenvalue weighted by molar-refractivity contribution is 0.0785. The van der Waals surface area contributed by atoms with Gasteiger partial charge in [0.2, 0.25) is 0 Å². The molecule has 0 aliphatic rings. The van der Waals surface area contributed by atoms with E-state index in [0.717, 1.165) is 5.56 Å². The Kier molecular flexibility index (Phi) is 6.61. The quantitative estimate of drug-likeness (QED) is 0.566. The van der Waals surface area contributed by atoms with E-state index < -0.39 is 10.0 Å². The van der Waals surface area contributed by atoms with Crippen molar-refractivity contribution in [2.45, 2.75) is 16.3 Å². The highest BCUT2D eigenvalue weighted by atomic mass is 32.2. The molecule has 7 heteroatoms. The first-order valence-corrected chi connectivity index (χ1v) is 11.7. The molecule has 0 heterocycles. The highest BCUT2D eigenvalue weighted by molar-refractivity contribution is 7.98. The normalized spacial score (nSPS) is 11.1. The lowest BCUT2D eigenvalue weighted by Gasteiger charge is -2.18. The van der Waals surface area contributed by atoms with Gasteiger partial charge in [0.15, 0.2) is 0 Å². The summed E-state index contributed by atoms with van der Waals surface area (Å²) >= 11 is 1.67. The van der Waals surface area contributed by atoms with Crippen LogP contribution in [0.5, 0.6) is 0 Å². The van der Waals surface area contributed by atoms with E-state index in [1.165, 1.54) is 17.0 Å². The third kappa shape index (κ3) is 5.40. The number of carbonyl (C=O) groups is 1. The summed E-state index contributed by atoms with van der Waals surface area (Å²) in [6, 6.07) is 22.7. The molecule has 150 valence electrons. The van der Waals surface area contributed by atoms with E-state index in [-0.39, 0.29) is 10.8 Å². The highest BCUT2D eigenvalue weighted by Gasteiger charge is 2.15. The Morgan fingerprint density at radius 2 is 1.55 bits per heavy atom. The number of carbonyl (C=O) groups excluding carboxylic acids is 1. The van der Waals surface area contributed by atoms with Gasteiger partial charge in [-0.2, -0.15) is 0 Å². The van der Waals surface area contributed by atoms with Crippen LogP contribution in [0.3, 0.4) is 0 Å².